The summed E-state index contributed by atoms with van der Waals surface area (Å²) in [5.74, 6) is 0.561. The molecular weight excluding hydrogens is 645 g/mol. The second-order valence-electron chi connectivity index (χ2n) is 12.4. The van der Waals surface area contributed by atoms with E-state index in [2.05, 4.69) is 83.4 Å². The maximum absolute atomic E-state index is 8.79. The fourth-order valence-electron chi connectivity index (χ4n) is 7.29. The molecule has 0 radical (unpaired) electrons. The predicted octanol–water partition coefficient (Wildman–Crippen LogP) is 12.2. The summed E-state index contributed by atoms with van der Waals surface area (Å²) in [5.41, 5.74) is 5.92. The standard InChI is InChI=1S/C45H26N4OS/c1-2-11-27(12-3-1)43-46-44(48-45(47-43)29-21-23-33-32-15-6-9-19-38(32)50-39(33)26-29)28-22-24-40-34(25-28)42-37(18-10-20-41(42)51-40)49-35-16-7-4-13-30(35)31-14-5-8-17-36(31)49/h1-26H/i1D,2D,3D,11D,12D. The first kappa shape index (κ1) is 23.7. The van der Waals surface area contributed by atoms with Crippen LogP contribution in [0.1, 0.15) is 6.85 Å². The van der Waals surface area contributed by atoms with Crippen molar-refractivity contribution in [3.63, 3.8) is 0 Å². The Kier molecular flexibility index (Phi) is 5.08. The van der Waals surface area contributed by atoms with Gasteiger partial charge in [-0.1, -0.05) is 96.9 Å². The van der Waals surface area contributed by atoms with Crippen LogP contribution in [0.2, 0.25) is 0 Å². The third-order valence-electron chi connectivity index (χ3n) is 9.55. The molecule has 7 aromatic carbocycles. The monoisotopic (exact) mass is 675 g/mol. The van der Waals surface area contributed by atoms with Crippen molar-refractivity contribution in [3.8, 4) is 39.9 Å². The van der Waals surface area contributed by atoms with Gasteiger partial charge in [0.25, 0.3) is 0 Å². The van der Waals surface area contributed by atoms with Crippen molar-refractivity contribution in [1.82, 2.24) is 19.5 Å². The lowest BCUT2D eigenvalue weighted by Gasteiger charge is -2.11. The van der Waals surface area contributed by atoms with Gasteiger partial charge in [0.1, 0.15) is 11.2 Å². The third kappa shape index (κ3) is 4.37. The SMILES string of the molecule is [2H]c1c([2H])c([2H])c(-c2nc(-c3ccc4c(c3)oc3ccccc34)nc(-c3ccc4sc5cccc(-n6c7ccccc7c7ccccc76)c5c4c3)n2)c([2H])c1[2H]. The molecule has 6 heteroatoms. The Morgan fingerprint density at radius 3 is 1.88 bits per heavy atom. The van der Waals surface area contributed by atoms with Gasteiger partial charge in [-0.05, 0) is 60.7 Å². The van der Waals surface area contributed by atoms with Crippen molar-refractivity contribution < 1.29 is 11.3 Å². The minimum absolute atomic E-state index is 0.0204. The van der Waals surface area contributed by atoms with Crippen molar-refractivity contribution >= 4 is 75.3 Å². The molecule has 0 unspecified atom stereocenters. The Balaban J connectivity index is 1.16. The van der Waals surface area contributed by atoms with E-state index in [4.69, 9.17) is 26.2 Å². The molecule has 0 amide bonds. The fourth-order valence-corrected chi connectivity index (χ4v) is 8.40. The van der Waals surface area contributed by atoms with Gasteiger partial charge in [-0.15, -0.1) is 11.3 Å². The second-order valence-corrected chi connectivity index (χ2v) is 13.5. The van der Waals surface area contributed by atoms with E-state index in [9.17, 15) is 0 Å². The molecule has 4 heterocycles. The van der Waals surface area contributed by atoms with Gasteiger partial charge in [-0.3, -0.25) is 0 Å². The van der Waals surface area contributed by atoms with Crippen LogP contribution >= 0.6 is 11.3 Å². The Morgan fingerprint density at radius 1 is 0.490 bits per heavy atom. The van der Waals surface area contributed by atoms with Crippen molar-refractivity contribution in [3.05, 3.63) is 158 Å². The van der Waals surface area contributed by atoms with Crippen LogP contribution in [-0.4, -0.2) is 19.5 Å². The number of thiophene rings is 1. The number of fused-ring (bicyclic) bond motifs is 9. The predicted molar refractivity (Wildman–Crippen MR) is 211 cm³/mol. The molecule has 11 aromatic rings. The summed E-state index contributed by atoms with van der Waals surface area (Å²) < 4.78 is 53.3. The Labute approximate surface area is 302 Å². The Hall–Kier alpha value is -6.63. The van der Waals surface area contributed by atoms with Crippen LogP contribution in [0, 0.1) is 0 Å². The summed E-state index contributed by atoms with van der Waals surface area (Å²) in [4.78, 5) is 14.6. The minimum atomic E-state index is -0.484. The topological polar surface area (TPSA) is 56.7 Å². The van der Waals surface area contributed by atoms with Crippen LogP contribution in [0.4, 0.5) is 0 Å². The Morgan fingerprint density at radius 2 is 1.12 bits per heavy atom. The molecule has 0 aliphatic heterocycles. The molecule has 0 spiro atoms. The molecule has 4 aromatic heterocycles. The summed E-state index contributed by atoms with van der Waals surface area (Å²) in [5, 5.41) is 6.41. The molecule has 0 saturated carbocycles. The third-order valence-corrected chi connectivity index (χ3v) is 10.7. The zero-order valence-electron chi connectivity index (χ0n) is 31.7. The van der Waals surface area contributed by atoms with E-state index in [0.29, 0.717) is 22.5 Å². The van der Waals surface area contributed by atoms with Gasteiger partial charge < -0.3 is 8.98 Å². The van der Waals surface area contributed by atoms with Crippen molar-refractivity contribution in [2.24, 2.45) is 0 Å². The highest BCUT2D eigenvalue weighted by molar-refractivity contribution is 7.25. The van der Waals surface area contributed by atoms with Crippen LogP contribution in [-0.2, 0) is 0 Å². The van der Waals surface area contributed by atoms with Gasteiger partial charge in [0.2, 0.25) is 0 Å². The zero-order valence-corrected chi connectivity index (χ0v) is 27.5. The summed E-state index contributed by atoms with van der Waals surface area (Å²) in [6.07, 6.45) is 0. The number of furan rings is 1. The van der Waals surface area contributed by atoms with E-state index < -0.39 is 18.1 Å². The normalized spacial score (nSPS) is 13.3. The number of hydrogen-bond acceptors (Lipinski definition) is 5. The maximum Gasteiger partial charge on any atom is 0.164 e. The largest absolute Gasteiger partial charge is 0.456 e. The average molecular weight is 676 g/mol. The van der Waals surface area contributed by atoms with Crippen LogP contribution in [0.5, 0.6) is 0 Å². The summed E-state index contributed by atoms with van der Waals surface area (Å²) >= 11 is 1.71. The lowest BCUT2D eigenvalue weighted by atomic mass is 10.1. The molecule has 11 rings (SSSR count). The van der Waals surface area contributed by atoms with E-state index in [-0.39, 0.29) is 29.3 Å². The molecule has 0 saturated heterocycles. The lowest BCUT2D eigenvalue weighted by Crippen LogP contribution is -2.00. The first-order valence-corrected chi connectivity index (χ1v) is 17.3. The molecule has 0 fully saturated rings. The van der Waals surface area contributed by atoms with Crippen molar-refractivity contribution in [2.75, 3.05) is 0 Å². The number of aromatic nitrogens is 4. The molecule has 0 atom stereocenters. The lowest BCUT2D eigenvalue weighted by molar-refractivity contribution is 0.669. The fraction of sp³-hybridized carbons (Fsp3) is 0. The van der Waals surface area contributed by atoms with Crippen LogP contribution < -0.4 is 0 Å². The second kappa shape index (κ2) is 10.9. The summed E-state index contributed by atoms with van der Waals surface area (Å²) in [6.45, 7) is 0. The van der Waals surface area contributed by atoms with E-state index in [1.807, 2.05) is 48.5 Å². The van der Waals surface area contributed by atoms with Gasteiger partial charge in [-0.2, -0.15) is 0 Å². The molecular formula is C45H26N4OS. The van der Waals surface area contributed by atoms with Crippen molar-refractivity contribution in [2.45, 2.75) is 0 Å². The van der Waals surface area contributed by atoms with E-state index in [1.165, 1.54) is 10.8 Å². The van der Waals surface area contributed by atoms with Gasteiger partial charge in [0.15, 0.2) is 17.5 Å². The molecule has 0 bridgehead atoms. The number of para-hydroxylation sites is 3. The highest BCUT2D eigenvalue weighted by Crippen LogP contribution is 2.42. The average Bonchev–Trinajstić information content (AvgIpc) is 3.91. The maximum atomic E-state index is 8.79. The first-order valence-electron chi connectivity index (χ1n) is 19.0. The van der Waals surface area contributed by atoms with Gasteiger partial charge in [0, 0.05) is 58.4 Å². The molecule has 0 N–H and O–H groups in total. The minimum Gasteiger partial charge on any atom is -0.456 e. The summed E-state index contributed by atoms with van der Waals surface area (Å²) in [6, 6.07) is 40.8. The quantitative estimate of drug-likeness (QED) is 0.186. The smallest absolute Gasteiger partial charge is 0.164 e. The van der Waals surface area contributed by atoms with Gasteiger partial charge >= 0.3 is 0 Å². The van der Waals surface area contributed by atoms with Crippen LogP contribution in [0.3, 0.4) is 0 Å². The van der Waals surface area contributed by atoms with E-state index >= 15 is 0 Å². The number of rotatable bonds is 4. The van der Waals surface area contributed by atoms with E-state index in [0.717, 1.165) is 53.2 Å². The number of nitrogens with zero attached hydrogens (tertiary/aromatic N) is 4. The van der Waals surface area contributed by atoms with Gasteiger partial charge in [-0.25, -0.2) is 15.0 Å². The number of benzene rings is 7. The van der Waals surface area contributed by atoms with E-state index in [1.54, 1.807) is 11.3 Å². The zero-order chi connectivity index (χ0) is 37.8. The van der Waals surface area contributed by atoms with Gasteiger partial charge in [0.05, 0.1) is 23.6 Å². The highest BCUT2D eigenvalue weighted by atomic mass is 32.1. The first-order chi connectivity index (χ1) is 27.3. The molecule has 5 nitrogen and oxygen atoms in total. The molecule has 51 heavy (non-hydrogen) atoms. The molecule has 0 aliphatic rings. The molecule has 0 aliphatic carbocycles. The van der Waals surface area contributed by atoms with Crippen LogP contribution in [0.15, 0.2) is 162 Å². The molecule has 238 valence electrons. The van der Waals surface area contributed by atoms with Crippen LogP contribution in [0.25, 0.3) is 104 Å². The number of hydrogen-bond donors (Lipinski definition) is 0. The summed E-state index contributed by atoms with van der Waals surface area (Å²) in [7, 11) is 0. The Bertz CT molecular complexity index is 3380. The van der Waals surface area contributed by atoms with Crippen molar-refractivity contribution in [1.29, 1.82) is 0 Å². The highest BCUT2D eigenvalue weighted by Gasteiger charge is 2.19.